The Morgan fingerprint density at radius 1 is 1.35 bits per heavy atom. The van der Waals surface area contributed by atoms with Crippen molar-refractivity contribution in [1.82, 2.24) is 4.90 Å². The molecule has 0 bridgehead atoms. The van der Waals surface area contributed by atoms with Crippen LogP contribution in [0.4, 0.5) is 17.6 Å². The van der Waals surface area contributed by atoms with Crippen LogP contribution >= 0.6 is 0 Å². The Labute approximate surface area is 113 Å². The molecule has 0 unspecified atom stereocenters. The summed E-state index contributed by atoms with van der Waals surface area (Å²) in [5.41, 5.74) is 1.24. The molecule has 1 aliphatic heterocycles. The summed E-state index contributed by atoms with van der Waals surface area (Å²) in [6.45, 7) is -1.69. The highest BCUT2D eigenvalue weighted by molar-refractivity contribution is 5.77. The molecule has 20 heavy (non-hydrogen) atoms. The summed E-state index contributed by atoms with van der Waals surface area (Å²) in [6, 6.07) is 4.67. The molecular formula is C13H13F4NO2. The maximum Gasteiger partial charge on any atom is 0.411 e. The van der Waals surface area contributed by atoms with Crippen LogP contribution in [-0.2, 0) is 22.5 Å². The molecule has 1 amide bonds. The summed E-state index contributed by atoms with van der Waals surface area (Å²) >= 11 is 0. The number of nitrogens with zero attached hydrogens (tertiary/aromatic N) is 1. The molecule has 0 aromatic heterocycles. The van der Waals surface area contributed by atoms with E-state index in [2.05, 4.69) is 4.74 Å². The fraction of sp³-hybridized carbons (Fsp3) is 0.462. The summed E-state index contributed by atoms with van der Waals surface area (Å²) in [4.78, 5) is 13.0. The number of ether oxygens (including phenoxy) is 1. The third-order valence-electron chi connectivity index (χ3n) is 3.06. The minimum atomic E-state index is -4.46. The third-order valence-corrected chi connectivity index (χ3v) is 3.06. The van der Waals surface area contributed by atoms with Gasteiger partial charge in [0.2, 0.25) is 5.91 Å². The monoisotopic (exact) mass is 291 g/mol. The largest absolute Gasteiger partial charge is 0.411 e. The molecule has 0 saturated carbocycles. The van der Waals surface area contributed by atoms with E-state index in [9.17, 15) is 22.4 Å². The van der Waals surface area contributed by atoms with Gasteiger partial charge in [0.25, 0.3) is 0 Å². The first-order valence-electron chi connectivity index (χ1n) is 6.05. The topological polar surface area (TPSA) is 29.5 Å². The van der Waals surface area contributed by atoms with Crippen LogP contribution < -0.4 is 0 Å². The van der Waals surface area contributed by atoms with Crippen LogP contribution in [0, 0.1) is 5.82 Å². The van der Waals surface area contributed by atoms with Crippen molar-refractivity contribution < 1.29 is 27.1 Å². The van der Waals surface area contributed by atoms with Gasteiger partial charge in [0, 0.05) is 18.7 Å². The molecule has 0 radical (unpaired) electrons. The van der Waals surface area contributed by atoms with E-state index in [1.807, 2.05) is 0 Å². The molecule has 1 aliphatic rings. The zero-order chi connectivity index (χ0) is 14.8. The van der Waals surface area contributed by atoms with E-state index < -0.39 is 31.1 Å². The van der Waals surface area contributed by atoms with Gasteiger partial charge in [-0.15, -0.1) is 0 Å². The van der Waals surface area contributed by atoms with Crippen molar-refractivity contribution in [2.24, 2.45) is 0 Å². The van der Waals surface area contributed by atoms with Crippen molar-refractivity contribution in [2.45, 2.75) is 19.1 Å². The van der Waals surface area contributed by atoms with Gasteiger partial charge in [-0.05, 0) is 18.1 Å². The maximum atomic E-state index is 13.6. The second kappa shape index (κ2) is 5.78. The van der Waals surface area contributed by atoms with Gasteiger partial charge >= 0.3 is 6.18 Å². The summed E-state index contributed by atoms with van der Waals surface area (Å²) in [6.07, 6.45) is -3.97. The van der Waals surface area contributed by atoms with Crippen molar-refractivity contribution >= 4 is 5.91 Å². The van der Waals surface area contributed by atoms with Crippen molar-refractivity contribution in [2.75, 3.05) is 19.8 Å². The van der Waals surface area contributed by atoms with Crippen LogP contribution in [0.3, 0.4) is 0 Å². The molecule has 1 aromatic carbocycles. The number of fused-ring (bicyclic) bond motifs is 1. The molecule has 3 nitrogen and oxygen atoms in total. The lowest BCUT2D eigenvalue weighted by atomic mass is 9.99. The molecular weight excluding hydrogens is 278 g/mol. The van der Waals surface area contributed by atoms with E-state index in [-0.39, 0.29) is 6.54 Å². The standard InChI is InChI=1S/C13H13F4NO2/c14-11-3-1-2-9-4-5-18(6-10(9)11)12(19)7-20-8-13(15,16)17/h1-3H,4-8H2. The minimum Gasteiger partial charge on any atom is -0.362 e. The summed E-state index contributed by atoms with van der Waals surface area (Å²) in [7, 11) is 0. The van der Waals surface area contributed by atoms with Crippen LogP contribution in [0.15, 0.2) is 18.2 Å². The predicted molar refractivity (Wildman–Crippen MR) is 62.4 cm³/mol. The van der Waals surface area contributed by atoms with Gasteiger partial charge in [0.05, 0.1) is 0 Å². The highest BCUT2D eigenvalue weighted by Gasteiger charge is 2.29. The smallest absolute Gasteiger partial charge is 0.362 e. The Balaban J connectivity index is 1.92. The first kappa shape index (κ1) is 14.8. The van der Waals surface area contributed by atoms with Gasteiger partial charge in [0.15, 0.2) is 0 Å². The number of rotatable bonds is 3. The minimum absolute atomic E-state index is 0.0657. The van der Waals surface area contributed by atoms with Gasteiger partial charge < -0.3 is 9.64 Å². The van der Waals surface area contributed by atoms with Crippen molar-refractivity contribution in [3.8, 4) is 0 Å². The van der Waals surface area contributed by atoms with Crippen molar-refractivity contribution in [3.05, 3.63) is 35.1 Å². The first-order valence-corrected chi connectivity index (χ1v) is 6.05. The first-order chi connectivity index (χ1) is 9.37. The Morgan fingerprint density at radius 3 is 2.80 bits per heavy atom. The average Bonchev–Trinajstić information content (AvgIpc) is 2.37. The van der Waals surface area contributed by atoms with Crippen LogP contribution in [0.1, 0.15) is 11.1 Å². The molecule has 0 spiro atoms. The quantitative estimate of drug-likeness (QED) is 0.800. The van der Waals surface area contributed by atoms with Crippen LogP contribution in [0.2, 0.25) is 0 Å². The number of carbonyl (C=O) groups is 1. The lowest BCUT2D eigenvalue weighted by Gasteiger charge is -2.29. The summed E-state index contributed by atoms with van der Waals surface area (Å²) in [5, 5.41) is 0. The molecule has 0 saturated heterocycles. The van der Waals surface area contributed by atoms with E-state index in [0.717, 1.165) is 5.56 Å². The zero-order valence-corrected chi connectivity index (χ0v) is 10.5. The van der Waals surface area contributed by atoms with E-state index in [0.29, 0.717) is 18.5 Å². The number of halogens is 4. The molecule has 7 heteroatoms. The highest BCUT2D eigenvalue weighted by Crippen LogP contribution is 2.22. The lowest BCUT2D eigenvalue weighted by molar-refractivity contribution is -0.178. The second-order valence-corrected chi connectivity index (χ2v) is 4.55. The molecule has 110 valence electrons. The Bertz CT molecular complexity index is 502. The number of hydrogen-bond acceptors (Lipinski definition) is 2. The average molecular weight is 291 g/mol. The fourth-order valence-corrected chi connectivity index (χ4v) is 2.10. The van der Waals surface area contributed by atoms with E-state index in [1.54, 1.807) is 12.1 Å². The number of alkyl halides is 3. The molecule has 2 rings (SSSR count). The molecule has 0 atom stereocenters. The van der Waals surface area contributed by atoms with Crippen LogP contribution in [-0.4, -0.2) is 36.7 Å². The van der Waals surface area contributed by atoms with Gasteiger partial charge in [-0.3, -0.25) is 4.79 Å². The SMILES string of the molecule is O=C(COCC(F)(F)F)N1CCc2cccc(F)c2C1. The second-order valence-electron chi connectivity index (χ2n) is 4.55. The Morgan fingerprint density at radius 2 is 2.10 bits per heavy atom. The van der Waals surface area contributed by atoms with Crippen molar-refractivity contribution in [3.63, 3.8) is 0 Å². The predicted octanol–water partition coefficient (Wildman–Crippen LogP) is 2.29. The van der Waals surface area contributed by atoms with Gasteiger partial charge in [0.1, 0.15) is 19.0 Å². The Kier molecular flexibility index (Phi) is 4.27. The van der Waals surface area contributed by atoms with Crippen molar-refractivity contribution in [1.29, 1.82) is 0 Å². The number of benzene rings is 1. The lowest BCUT2D eigenvalue weighted by Crippen LogP contribution is -2.39. The highest BCUT2D eigenvalue weighted by atomic mass is 19.4. The molecule has 0 fully saturated rings. The number of hydrogen-bond donors (Lipinski definition) is 0. The van der Waals surface area contributed by atoms with Crippen LogP contribution in [0.5, 0.6) is 0 Å². The number of carbonyl (C=O) groups excluding carboxylic acids is 1. The normalized spacial score (nSPS) is 15.1. The maximum absolute atomic E-state index is 13.6. The van der Waals surface area contributed by atoms with E-state index >= 15 is 0 Å². The van der Waals surface area contributed by atoms with Gasteiger partial charge in [-0.2, -0.15) is 13.2 Å². The number of amides is 1. The molecule has 1 aromatic rings. The summed E-state index contributed by atoms with van der Waals surface area (Å²) in [5.74, 6) is -0.973. The van der Waals surface area contributed by atoms with E-state index in [1.165, 1.54) is 11.0 Å². The van der Waals surface area contributed by atoms with Gasteiger partial charge in [-0.1, -0.05) is 12.1 Å². The molecule has 0 N–H and O–H groups in total. The van der Waals surface area contributed by atoms with Crippen LogP contribution in [0.25, 0.3) is 0 Å². The molecule has 1 heterocycles. The zero-order valence-electron chi connectivity index (χ0n) is 10.5. The third kappa shape index (κ3) is 3.69. The van der Waals surface area contributed by atoms with E-state index in [4.69, 9.17) is 0 Å². The molecule has 0 aliphatic carbocycles. The van der Waals surface area contributed by atoms with Gasteiger partial charge in [-0.25, -0.2) is 4.39 Å². The Hall–Kier alpha value is -1.63. The fourth-order valence-electron chi connectivity index (χ4n) is 2.10. The summed E-state index contributed by atoms with van der Waals surface area (Å²) < 4.78 is 53.6.